The molecule has 4 bridgehead atoms. The predicted molar refractivity (Wildman–Crippen MR) is 93.1 cm³/mol. The van der Waals surface area contributed by atoms with Crippen LogP contribution in [0.5, 0.6) is 0 Å². The Morgan fingerprint density at radius 3 is 2.52 bits per heavy atom. The fourth-order valence-electron chi connectivity index (χ4n) is 5.49. The maximum atomic E-state index is 12.7. The molecule has 0 heterocycles. The molecule has 0 spiro atoms. The molecule has 2 N–H and O–H groups in total. The van der Waals surface area contributed by atoms with Gasteiger partial charge in [-0.2, -0.15) is 0 Å². The van der Waals surface area contributed by atoms with Crippen LogP contribution in [0.2, 0.25) is 5.02 Å². The quantitative estimate of drug-likeness (QED) is 0.806. The summed E-state index contributed by atoms with van der Waals surface area (Å²) in [4.78, 5) is 24.8. The number of carbonyl (C=O) groups excluding carboxylic acids is 2. The van der Waals surface area contributed by atoms with Crippen molar-refractivity contribution in [3.05, 3.63) is 29.3 Å². The van der Waals surface area contributed by atoms with Crippen molar-refractivity contribution in [3.63, 3.8) is 0 Å². The van der Waals surface area contributed by atoms with E-state index in [-0.39, 0.29) is 12.6 Å². The average Bonchev–Trinajstić information content (AvgIpc) is 2.52. The maximum Gasteiger partial charge on any atom is 0.312 e. The van der Waals surface area contributed by atoms with E-state index in [1.54, 1.807) is 24.3 Å². The third-order valence-corrected chi connectivity index (χ3v) is 6.28. The number of aliphatic hydroxyl groups is 1. The number of rotatable bonds is 4. The van der Waals surface area contributed by atoms with Crippen molar-refractivity contribution >= 4 is 29.2 Å². The minimum Gasteiger partial charge on any atom is -0.455 e. The standard InChI is InChI=1S/C19H22ClNO4/c20-14-3-1-2-4-15(14)21-16(22)10-25-17(23)18-6-12-5-13(7-18)9-19(24,8-12)11-18/h1-4,12-13,24H,5-11H2,(H,21,22)/t12-,13+,18?,19?. The first-order valence-corrected chi connectivity index (χ1v) is 9.19. The van der Waals surface area contributed by atoms with Crippen LogP contribution in [0, 0.1) is 17.3 Å². The largest absolute Gasteiger partial charge is 0.455 e. The number of hydrogen-bond donors (Lipinski definition) is 2. The summed E-state index contributed by atoms with van der Waals surface area (Å²) in [6, 6.07) is 6.91. The van der Waals surface area contributed by atoms with Gasteiger partial charge in [0.1, 0.15) is 0 Å². The molecule has 6 heteroatoms. The summed E-state index contributed by atoms with van der Waals surface area (Å²) in [7, 11) is 0. The number of ether oxygens (including phenoxy) is 1. The number of halogens is 1. The number of para-hydroxylation sites is 1. The van der Waals surface area contributed by atoms with E-state index in [9.17, 15) is 14.7 Å². The van der Waals surface area contributed by atoms with Crippen LogP contribution in [0.25, 0.3) is 0 Å². The normalized spacial score (nSPS) is 35.4. The molecular weight excluding hydrogens is 342 g/mol. The Hall–Kier alpha value is -1.59. The van der Waals surface area contributed by atoms with Gasteiger partial charge in [-0.05, 0) is 62.5 Å². The van der Waals surface area contributed by atoms with E-state index < -0.39 is 16.9 Å². The SMILES string of the molecule is O=C(COC(=O)C12C[C@@H]3C[C@@H](CC(O)(C3)C1)C2)Nc1ccccc1Cl. The van der Waals surface area contributed by atoms with Crippen molar-refractivity contribution in [1.82, 2.24) is 0 Å². The number of esters is 1. The Labute approximate surface area is 151 Å². The predicted octanol–water partition coefficient (Wildman–Crippen LogP) is 3.15. The fourth-order valence-corrected chi connectivity index (χ4v) is 5.67. The molecule has 134 valence electrons. The molecule has 4 fully saturated rings. The summed E-state index contributed by atoms with van der Waals surface area (Å²) >= 11 is 6.01. The summed E-state index contributed by atoms with van der Waals surface area (Å²) in [6.07, 6.45) is 4.72. The minimum atomic E-state index is -0.719. The van der Waals surface area contributed by atoms with Gasteiger partial charge in [0.05, 0.1) is 21.7 Å². The monoisotopic (exact) mass is 363 g/mol. The van der Waals surface area contributed by atoms with Gasteiger partial charge < -0.3 is 15.2 Å². The highest BCUT2D eigenvalue weighted by Gasteiger charge is 2.60. The smallest absolute Gasteiger partial charge is 0.312 e. The number of carbonyl (C=O) groups is 2. The maximum absolute atomic E-state index is 12.7. The molecular formula is C19H22ClNO4. The van der Waals surface area contributed by atoms with Crippen LogP contribution in [-0.4, -0.2) is 29.2 Å². The van der Waals surface area contributed by atoms with Gasteiger partial charge in [0.25, 0.3) is 5.91 Å². The molecule has 4 atom stereocenters. The lowest BCUT2D eigenvalue weighted by Crippen LogP contribution is -2.58. The molecule has 0 aromatic heterocycles. The van der Waals surface area contributed by atoms with Gasteiger partial charge in [-0.15, -0.1) is 0 Å². The molecule has 1 aromatic rings. The van der Waals surface area contributed by atoms with E-state index in [1.807, 2.05) is 0 Å². The van der Waals surface area contributed by atoms with Gasteiger partial charge in [-0.1, -0.05) is 23.7 Å². The first kappa shape index (κ1) is 16.9. The minimum absolute atomic E-state index is 0.334. The second kappa shape index (κ2) is 5.99. The molecule has 5 rings (SSSR count). The van der Waals surface area contributed by atoms with Crippen molar-refractivity contribution in [2.45, 2.75) is 44.1 Å². The third-order valence-electron chi connectivity index (χ3n) is 5.95. The first-order chi connectivity index (χ1) is 11.9. The lowest BCUT2D eigenvalue weighted by molar-refractivity contribution is -0.196. The highest BCUT2D eigenvalue weighted by Crippen LogP contribution is 2.61. The molecule has 1 amide bonds. The Bertz CT molecular complexity index is 705. The lowest BCUT2D eigenvalue weighted by Gasteiger charge is -2.58. The van der Waals surface area contributed by atoms with E-state index in [0.717, 1.165) is 32.1 Å². The fraction of sp³-hybridized carbons (Fsp3) is 0.579. The van der Waals surface area contributed by atoms with Crippen LogP contribution in [0.3, 0.4) is 0 Å². The zero-order valence-electron chi connectivity index (χ0n) is 14.0. The van der Waals surface area contributed by atoms with Crippen molar-refractivity contribution in [3.8, 4) is 0 Å². The highest BCUT2D eigenvalue weighted by molar-refractivity contribution is 6.33. The van der Waals surface area contributed by atoms with E-state index in [2.05, 4.69) is 5.32 Å². The Morgan fingerprint density at radius 1 is 1.20 bits per heavy atom. The molecule has 25 heavy (non-hydrogen) atoms. The molecule has 4 saturated carbocycles. The van der Waals surface area contributed by atoms with Crippen LogP contribution < -0.4 is 5.32 Å². The van der Waals surface area contributed by atoms with Crippen LogP contribution in [-0.2, 0) is 14.3 Å². The van der Waals surface area contributed by atoms with Gasteiger partial charge >= 0.3 is 5.97 Å². The third kappa shape index (κ3) is 3.15. The van der Waals surface area contributed by atoms with E-state index in [0.29, 0.717) is 29.0 Å². The summed E-state index contributed by atoms with van der Waals surface area (Å²) < 4.78 is 5.34. The van der Waals surface area contributed by atoms with Crippen molar-refractivity contribution in [1.29, 1.82) is 0 Å². The summed E-state index contributed by atoms with van der Waals surface area (Å²) in [5, 5.41) is 13.8. The number of amides is 1. The highest BCUT2D eigenvalue weighted by atomic mass is 35.5. The van der Waals surface area contributed by atoms with Gasteiger partial charge in [0.15, 0.2) is 6.61 Å². The van der Waals surface area contributed by atoms with E-state index >= 15 is 0 Å². The van der Waals surface area contributed by atoms with Gasteiger partial charge in [-0.3, -0.25) is 9.59 Å². The van der Waals surface area contributed by atoms with Gasteiger partial charge in [0, 0.05) is 0 Å². The number of anilines is 1. The molecule has 0 aliphatic heterocycles. The van der Waals surface area contributed by atoms with E-state index in [4.69, 9.17) is 16.3 Å². The Balaban J connectivity index is 1.38. The zero-order valence-corrected chi connectivity index (χ0v) is 14.7. The second-order valence-electron chi connectivity index (χ2n) is 8.07. The molecule has 5 nitrogen and oxygen atoms in total. The molecule has 0 saturated heterocycles. The number of benzene rings is 1. The topological polar surface area (TPSA) is 75.6 Å². The zero-order chi connectivity index (χ0) is 17.7. The van der Waals surface area contributed by atoms with E-state index in [1.165, 1.54) is 0 Å². The molecule has 4 aliphatic carbocycles. The van der Waals surface area contributed by atoms with Crippen molar-refractivity contribution in [2.24, 2.45) is 17.3 Å². The molecule has 4 aliphatic rings. The summed E-state index contributed by atoms with van der Waals surface area (Å²) in [5.41, 5.74) is -0.832. The van der Waals surface area contributed by atoms with Gasteiger partial charge in [0.2, 0.25) is 0 Å². The summed E-state index contributed by atoms with van der Waals surface area (Å²) in [6.45, 7) is -0.334. The van der Waals surface area contributed by atoms with Crippen LogP contribution in [0.1, 0.15) is 38.5 Å². The van der Waals surface area contributed by atoms with Crippen LogP contribution in [0.15, 0.2) is 24.3 Å². The lowest BCUT2D eigenvalue weighted by atomic mass is 9.48. The average molecular weight is 364 g/mol. The van der Waals surface area contributed by atoms with Crippen molar-refractivity contribution < 1.29 is 19.4 Å². The molecule has 0 radical (unpaired) electrons. The van der Waals surface area contributed by atoms with Gasteiger partial charge in [-0.25, -0.2) is 0 Å². The first-order valence-electron chi connectivity index (χ1n) is 8.82. The summed E-state index contributed by atoms with van der Waals surface area (Å²) in [5.74, 6) is 0.0470. The number of hydrogen-bond acceptors (Lipinski definition) is 4. The molecule has 1 aromatic carbocycles. The number of nitrogens with one attached hydrogen (secondary N) is 1. The van der Waals surface area contributed by atoms with Crippen LogP contribution in [0.4, 0.5) is 5.69 Å². The van der Waals surface area contributed by atoms with Crippen LogP contribution >= 0.6 is 11.6 Å². The molecule has 2 unspecified atom stereocenters. The Morgan fingerprint density at radius 2 is 1.88 bits per heavy atom. The second-order valence-corrected chi connectivity index (χ2v) is 8.48. The Kier molecular flexibility index (Phi) is 4.04. The van der Waals surface area contributed by atoms with Crippen molar-refractivity contribution in [2.75, 3.05) is 11.9 Å².